The van der Waals surface area contributed by atoms with Crippen LogP contribution in [0, 0.1) is 11.8 Å². The van der Waals surface area contributed by atoms with E-state index in [9.17, 15) is 9.59 Å². The van der Waals surface area contributed by atoms with Gasteiger partial charge in [-0.3, -0.25) is 4.79 Å². The summed E-state index contributed by atoms with van der Waals surface area (Å²) >= 11 is 0. The molecule has 1 saturated heterocycles. The number of urea groups is 1. The standard InChI is InChI=1S/C12H11N3O2.C12H15NO/c1-8-10(14-12(17)13-8)6-5-9-4-3-7-15(2)11(9)16;1-4-13-8-10-5-6-11(14-3)7-12(10)9(13)2/h3-4,7,10H,1H2,2H3,(H2,13,14,17);5-7H,2,4,8H2,1,3H3. The first kappa shape index (κ1) is 21.8. The zero-order chi connectivity index (χ0) is 22.5. The number of nitrogens with zero attached hydrogens (tertiary/aromatic N) is 2. The van der Waals surface area contributed by atoms with Crippen LogP contribution in [0.15, 0.2) is 60.2 Å². The molecule has 31 heavy (non-hydrogen) atoms. The second-order valence-electron chi connectivity index (χ2n) is 7.15. The van der Waals surface area contributed by atoms with Gasteiger partial charge >= 0.3 is 6.03 Å². The van der Waals surface area contributed by atoms with E-state index < -0.39 is 6.04 Å². The van der Waals surface area contributed by atoms with Crippen molar-refractivity contribution in [3.05, 3.63) is 82.4 Å². The van der Waals surface area contributed by atoms with Crippen molar-refractivity contribution in [3.63, 3.8) is 0 Å². The molecule has 2 N–H and O–H groups in total. The number of hydrogen-bond donors (Lipinski definition) is 2. The second-order valence-corrected chi connectivity index (χ2v) is 7.15. The molecule has 2 aliphatic heterocycles. The zero-order valence-corrected chi connectivity index (χ0v) is 18.0. The van der Waals surface area contributed by atoms with Crippen molar-refractivity contribution >= 4 is 11.7 Å². The van der Waals surface area contributed by atoms with Crippen LogP contribution in [-0.2, 0) is 13.6 Å². The van der Waals surface area contributed by atoms with Gasteiger partial charge in [0.15, 0.2) is 0 Å². The van der Waals surface area contributed by atoms with Gasteiger partial charge < -0.3 is 24.8 Å². The first-order valence-corrected chi connectivity index (χ1v) is 9.88. The molecular weight excluding hydrogens is 392 g/mol. The fourth-order valence-corrected chi connectivity index (χ4v) is 3.30. The van der Waals surface area contributed by atoms with E-state index in [1.54, 1.807) is 32.5 Å². The normalized spacial score (nSPS) is 16.4. The third-order valence-electron chi connectivity index (χ3n) is 5.13. The van der Waals surface area contributed by atoms with E-state index in [4.69, 9.17) is 4.74 Å². The summed E-state index contributed by atoms with van der Waals surface area (Å²) in [6, 6.07) is 8.80. The summed E-state index contributed by atoms with van der Waals surface area (Å²) in [4.78, 5) is 24.9. The predicted molar refractivity (Wildman–Crippen MR) is 121 cm³/mol. The third kappa shape index (κ3) is 4.81. The number of carbonyl (C=O) groups is 1. The number of hydrogen-bond acceptors (Lipinski definition) is 4. The highest BCUT2D eigenvalue weighted by Crippen LogP contribution is 2.33. The molecule has 1 aromatic heterocycles. The monoisotopic (exact) mass is 418 g/mol. The highest BCUT2D eigenvalue weighted by atomic mass is 16.5. The van der Waals surface area contributed by atoms with Crippen LogP contribution in [0.3, 0.4) is 0 Å². The molecular formula is C24H26N4O3. The Balaban J connectivity index is 0.000000179. The van der Waals surface area contributed by atoms with Gasteiger partial charge in [-0.25, -0.2) is 4.79 Å². The number of carbonyl (C=O) groups excluding carboxylic acids is 1. The van der Waals surface area contributed by atoms with Crippen LogP contribution in [0.25, 0.3) is 5.70 Å². The van der Waals surface area contributed by atoms with Crippen molar-refractivity contribution in [2.75, 3.05) is 13.7 Å². The van der Waals surface area contributed by atoms with Gasteiger partial charge in [0.05, 0.1) is 12.7 Å². The number of fused-ring (bicyclic) bond motifs is 1. The van der Waals surface area contributed by atoms with Gasteiger partial charge in [0, 0.05) is 43.3 Å². The van der Waals surface area contributed by atoms with Crippen molar-refractivity contribution in [1.29, 1.82) is 0 Å². The van der Waals surface area contributed by atoms with E-state index in [0.717, 1.165) is 24.5 Å². The number of aryl methyl sites for hydroxylation is 1. The summed E-state index contributed by atoms with van der Waals surface area (Å²) in [5.74, 6) is 6.44. The molecule has 0 radical (unpaired) electrons. The van der Waals surface area contributed by atoms with E-state index in [1.807, 2.05) is 6.07 Å². The Labute approximate surface area is 182 Å². The summed E-state index contributed by atoms with van der Waals surface area (Å²) in [6.07, 6.45) is 1.66. The Morgan fingerprint density at radius 2 is 2.03 bits per heavy atom. The van der Waals surface area contributed by atoms with Crippen LogP contribution in [0.5, 0.6) is 5.75 Å². The molecule has 2 aromatic rings. The molecule has 7 heteroatoms. The molecule has 0 spiro atoms. The molecule has 0 aliphatic carbocycles. The van der Waals surface area contributed by atoms with Gasteiger partial charge in [-0.05, 0) is 36.8 Å². The van der Waals surface area contributed by atoms with E-state index in [-0.39, 0.29) is 11.6 Å². The predicted octanol–water partition coefficient (Wildman–Crippen LogP) is 2.43. The minimum absolute atomic E-state index is 0.164. The maximum Gasteiger partial charge on any atom is 0.320 e. The number of benzene rings is 1. The van der Waals surface area contributed by atoms with Gasteiger partial charge in [-0.15, -0.1) is 0 Å². The average molecular weight is 418 g/mol. The smallest absolute Gasteiger partial charge is 0.320 e. The van der Waals surface area contributed by atoms with Crippen LogP contribution in [0.1, 0.15) is 23.6 Å². The minimum atomic E-state index is -0.451. The molecule has 4 rings (SSSR count). The first-order chi connectivity index (χ1) is 14.8. The maximum absolute atomic E-state index is 11.7. The van der Waals surface area contributed by atoms with E-state index in [0.29, 0.717) is 11.3 Å². The van der Waals surface area contributed by atoms with Crippen LogP contribution < -0.4 is 20.9 Å². The van der Waals surface area contributed by atoms with Crippen molar-refractivity contribution in [3.8, 4) is 17.6 Å². The number of nitrogens with one attached hydrogen (secondary N) is 2. The summed E-state index contributed by atoms with van der Waals surface area (Å²) in [5.41, 5.74) is 4.41. The van der Waals surface area contributed by atoms with Gasteiger partial charge in [0.25, 0.3) is 5.56 Å². The topological polar surface area (TPSA) is 75.6 Å². The maximum atomic E-state index is 11.7. The fraction of sp³-hybridized carbons (Fsp3) is 0.250. The Hall–Kier alpha value is -3.92. The number of rotatable bonds is 2. The molecule has 1 aromatic carbocycles. The van der Waals surface area contributed by atoms with E-state index in [1.165, 1.54) is 15.7 Å². The lowest BCUT2D eigenvalue weighted by Crippen LogP contribution is -2.25. The van der Waals surface area contributed by atoms with Gasteiger partial charge in [0.1, 0.15) is 11.8 Å². The first-order valence-electron chi connectivity index (χ1n) is 9.88. The lowest BCUT2D eigenvalue weighted by molar-refractivity contribution is 0.248. The molecule has 2 aliphatic rings. The molecule has 1 atom stereocenters. The molecule has 0 bridgehead atoms. The molecule has 1 fully saturated rings. The van der Waals surface area contributed by atoms with Gasteiger partial charge in [-0.2, -0.15) is 0 Å². The van der Waals surface area contributed by atoms with Crippen molar-refractivity contribution in [2.45, 2.75) is 19.5 Å². The lowest BCUT2D eigenvalue weighted by Gasteiger charge is -2.15. The summed E-state index contributed by atoms with van der Waals surface area (Å²) < 4.78 is 6.65. The third-order valence-corrected chi connectivity index (χ3v) is 5.13. The Bertz CT molecular complexity index is 1150. The minimum Gasteiger partial charge on any atom is -0.497 e. The number of amides is 2. The molecule has 2 amide bonds. The Morgan fingerprint density at radius 3 is 2.68 bits per heavy atom. The van der Waals surface area contributed by atoms with E-state index >= 15 is 0 Å². The van der Waals surface area contributed by atoms with Gasteiger partial charge in [-0.1, -0.05) is 31.1 Å². The molecule has 0 saturated carbocycles. The lowest BCUT2D eigenvalue weighted by atomic mass is 10.1. The summed E-state index contributed by atoms with van der Waals surface area (Å²) in [7, 11) is 3.35. The molecule has 7 nitrogen and oxygen atoms in total. The fourth-order valence-electron chi connectivity index (χ4n) is 3.30. The van der Waals surface area contributed by atoms with Crippen molar-refractivity contribution in [1.82, 2.24) is 20.1 Å². The quantitative estimate of drug-likeness (QED) is 0.735. The zero-order valence-electron chi connectivity index (χ0n) is 18.0. The number of pyridine rings is 1. The second kappa shape index (κ2) is 9.26. The van der Waals surface area contributed by atoms with E-state index in [2.05, 4.69) is 59.6 Å². The van der Waals surface area contributed by atoms with Crippen molar-refractivity contribution in [2.24, 2.45) is 7.05 Å². The van der Waals surface area contributed by atoms with Crippen molar-refractivity contribution < 1.29 is 9.53 Å². The molecule has 1 unspecified atom stereocenters. The largest absolute Gasteiger partial charge is 0.497 e. The Kier molecular flexibility index (Phi) is 6.51. The number of aromatic nitrogens is 1. The molecule has 3 heterocycles. The van der Waals surface area contributed by atoms with Gasteiger partial charge in [0.2, 0.25) is 0 Å². The van der Waals surface area contributed by atoms with Crippen LogP contribution in [0.4, 0.5) is 4.79 Å². The SMILES string of the molecule is C=C1NC(=O)NC1C#Cc1cccn(C)c1=O.C=C1c2cc(OC)ccc2CN1CC. The number of ether oxygens (including phenoxy) is 1. The molecule has 160 valence electrons. The Morgan fingerprint density at radius 1 is 1.26 bits per heavy atom. The highest BCUT2D eigenvalue weighted by molar-refractivity contribution is 5.81. The van der Waals surface area contributed by atoms with Crippen LogP contribution >= 0.6 is 0 Å². The summed E-state index contributed by atoms with van der Waals surface area (Å²) in [5, 5.41) is 5.07. The highest BCUT2D eigenvalue weighted by Gasteiger charge is 2.22. The number of methoxy groups -OCH3 is 1. The summed E-state index contributed by atoms with van der Waals surface area (Å²) in [6.45, 7) is 11.9. The average Bonchev–Trinajstić information content (AvgIpc) is 3.26. The van der Waals surface area contributed by atoms with Crippen LogP contribution in [-0.4, -0.2) is 35.2 Å². The van der Waals surface area contributed by atoms with Crippen LogP contribution in [0.2, 0.25) is 0 Å².